The molecule has 0 aliphatic carbocycles. The highest BCUT2D eigenvalue weighted by Gasteiger charge is 2.28. The van der Waals surface area contributed by atoms with Crippen LogP contribution in [0.3, 0.4) is 0 Å². The number of halogens is 3. The molecule has 0 unspecified atom stereocenters. The fraction of sp³-hybridized carbons (Fsp3) is 0.250. The minimum atomic E-state index is -4.51. The van der Waals surface area contributed by atoms with Crippen molar-refractivity contribution in [2.45, 2.75) is 12.6 Å². The number of nitrogens with one attached hydrogen (secondary N) is 1. The van der Waals surface area contributed by atoms with Gasteiger partial charge in [0, 0.05) is 5.69 Å². The van der Waals surface area contributed by atoms with Crippen molar-refractivity contribution in [1.82, 2.24) is 0 Å². The summed E-state index contributed by atoms with van der Waals surface area (Å²) in [4.78, 5) is 11.2. The van der Waals surface area contributed by atoms with Crippen molar-refractivity contribution in [3.05, 3.63) is 23.8 Å². The van der Waals surface area contributed by atoms with Crippen LogP contribution in [0.15, 0.2) is 18.2 Å². The molecule has 20 heavy (non-hydrogen) atoms. The van der Waals surface area contributed by atoms with Crippen LogP contribution in [0.1, 0.15) is 12.0 Å². The van der Waals surface area contributed by atoms with Gasteiger partial charge in [-0.05, 0) is 18.2 Å². The zero-order valence-corrected chi connectivity index (χ0v) is 9.99. The van der Waals surface area contributed by atoms with Gasteiger partial charge in [-0.25, -0.2) is 0 Å². The van der Waals surface area contributed by atoms with E-state index in [2.05, 4.69) is 10.1 Å². The lowest BCUT2D eigenvalue weighted by Gasteiger charge is -2.11. The summed E-state index contributed by atoms with van der Waals surface area (Å²) in [5, 5.41) is 19.5. The van der Waals surface area contributed by atoms with Crippen molar-refractivity contribution >= 4 is 11.6 Å². The number of hydrogen-bond donors (Lipinski definition) is 1. The zero-order valence-electron chi connectivity index (χ0n) is 9.99. The molecule has 0 atom stereocenters. The highest BCUT2D eigenvalue weighted by Crippen LogP contribution is 2.24. The predicted octanol–water partition coefficient (Wildman–Crippen LogP) is 2.35. The number of nitriles is 2. The number of hydrogen-bond acceptors (Lipinski definition) is 4. The van der Waals surface area contributed by atoms with Gasteiger partial charge in [0.15, 0.2) is 6.61 Å². The maximum atomic E-state index is 12.0. The number of carbonyl (C=O) groups excluding carboxylic acids is 1. The smallest absolute Gasteiger partial charge is 0.422 e. The van der Waals surface area contributed by atoms with Crippen LogP contribution < -0.4 is 10.1 Å². The molecule has 0 saturated heterocycles. The van der Waals surface area contributed by atoms with Crippen molar-refractivity contribution in [3.8, 4) is 17.9 Å². The number of alkyl halides is 3. The van der Waals surface area contributed by atoms with Crippen LogP contribution in [0, 0.1) is 22.7 Å². The Morgan fingerprint density at radius 3 is 2.60 bits per heavy atom. The average molecular weight is 283 g/mol. The second kappa shape index (κ2) is 6.43. The van der Waals surface area contributed by atoms with E-state index >= 15 is 0 Å². The van der Waals surface area contributed by atoms with E-state index in [0.29, 0.717) is 0 Å². The minimum Gasteiger partial charge on any atom is -0.483 e. The van der Waals surface area contributed by atoms with Gasteiger partial charge in [-0.3, -0.25) is 4.79 Å². The number of benzene rings is 1. The Morgan fingerprint density at radius 1 is 1.35 bits per heavy atom. The molecule has 0 saturated carbocycles. The van der Waals surface area contributed by atoms with Gasteiger partial charge in [0.25, 0.3) is 0 Å². The van der Waals surface area contributed by atoms with Crippen molar-refractivity contribution in [2.75, 3.05) is 11.9 Å². The Labute approximate surface area is 112 Å². The molecule has 0 bridgehead atoms. The van der Waals surface area contributed by atoms with E-state index in [4.69, 9.17) is 10.5 Å². The van der Waals surface area contributed by atoms with Crippen molar-refractivity contribution in [2.24, 2.45) is 0 Å². The molecular formula is C12H8F3N3O2. The molecule has 1 aromatic carbocycles. The van der Waals surface area contributed by atoms with E-state index in [1.54, 1.807) is 12.1 Å². The Bertz CT molecular complexity index is 585. The second-order valence-corrected chi connectivity index (χ2v) is 3.61. The maximum Gasteiger partial charge on any atom is 0.422 e. The largest absolute Gasteiger partial charge is 0.483 e. The van der Waals surface area contributed by atoms with E-state index in [0.717, 1.165) is 6.07 Å². The van der Waals surface area contributed by atoms with Crippen LogP contribution in [0.25, 0.3) is 0 Å². The van der Waals surface area contributed by atoms with E-state index in [-0.39, 0.29) is 23.4 Å². The summed E-state index contributed by atoms with van der Waals surface area (Å²) in [6.07, 6.45) is -4.87. The van der Waals surface area contributed by atoms with Crippen molar-refractivity contribution in [3.63, 3.8) is 0 Å². The van der Waals surface area contributed by atoms with Crippen LogP contribution in [0.2, 0.25) is 0 Å². The molecule has 0 radical (unpaired) electrons. The molecule has 104 valence electrons. The Morgan fingerprint density at radius 2 is 2.05 bits per heavy atom. The molecule has 5 nitrogen and oxygen atoms in total. The van der Waals surface area contributed by atoms with Gasteiger partial charge < -0.3 is 10.1 Å². The maximum absolute atomic E-state index is 12.0. The molecule has 0 heterocycles. The summed E-state index contributed by atoms with van der Waals surface area (Å²) in [5.41, 5.74) is 0.0465. The number of nitrogens with zero attached hydrogens (tertiary/aromatic N) is 2. The molecular weight excluding hydrogens is 275 g/mol. The Balaban J connectivity index is 2.84. The molecule has 8 heteroatoms. The topological polar surface area (TPSA) is 85.9 Å². The highest BCUT2D eigenvalue weighted by atomic mass is 19.4. The van der Waals surface area contributed by atoms with Crippen LogP contribution in [-0.4, -0.2) is 18.7 Å². The number of anilines is 1. The van der Waals surface area contributed by atoms with Gasteiger partial charge in [-0.2, -0.15) is 23.7 Å². The first kappa shape index (κ1) is 15.3. The summed E-state index contributed by atoms with van der Waals surface area (Å²) in [6, 6.07) is 6.90. The summed E-state index contributed by atoms with van der Waals surface area (Å²) < 4.78 is 40.5. The molecule has 1 N–H and O–H groups in total. The van der Waals surface area contributed by atoms with Crippen LogP contribution in [-0.2, 0) is 4.79 Å². The summed E-state index contributed by atoms with van der Waals surface area (Å²) in [6.45, 7) is -1.51. The van der Waals surface area contributed by atoms with Gasteiger partial charge in [-0.1, -0.05) is 0 Å². The molecule has 0 fully saturated rings. The lowest BCUT2D eigenvalue weighted by atomic mass is 10.2. The third-order valence-electron chi connectivity index (χ3n) is 2.01. The number of ether oxygens (including phenoxy) is 1. The Kier molecular flexibility index (Phi) is 4.93. The van der Waals surface area contributed by atoms with E-state index < -0.39 is 18.7 Å². The van der Waals surface area contributed by atoms with Crippen LogP contribution in [0.4, 0.5) is 18.9 Å². The molecule has 0 spiro atoms. The van der Waals surface area contributed by atoms with Crippen LogP contribution >= 0.6 is 0 Å². The van der Waals surface area contributed by atoms with Gasteiger partial charge in [0.05, 0.1) is 11.6 Å². The van der Waals surface area contributed by atoms with E-state index in [1.165, 1.54) is 12.1 Å². The minimum absolute atomic E-state index is 0.149. The quantitative estimate of drug-likeness (QED) is 0.919. The fourth-order valence-electron chi connectivity index (χ4n) is 1.26. The van der Waals surface area contributed by atoms with Gasteiger partial charge in [0.1, 0.15) is 18.2 Å². The first-order chi connectivity index (χ1) is 9.35. The first-order valence-electron chi connectivity index (χ1n) is 5.26. The number of rotatable bonds is 4. The molecule has 1 aromatic rings. The summed E-state index contributed by atoms with van der Waals surface area (Å²) in [5.74, 6) is -0.816. The third-order valence-corrected chi connectivity index (χ3v) is 2.01. The van der Waals surface area contributed by atoms with Gasteiger partial charge >= 0.3 is 6.18 Å². The van der Waals surface area contributed by atoms with Crippen molar-refractivity contribution in [1.29, 1.82) is 10.5 Å². The molecule has 0 aliphatic rings. The van der Waals surface area contributed by atoms with Gasteiger partial charge in [-0.15, -0.1) is 0 Å². The lowest BCUT2D eigenvalue weighted by Crippen LogP contribution is -2.19. The molecule has 0 aromatic heterocycles. The monoisotopic (exact) mass is 283 g/mol. The standard InChI is InChI=1S/C12H8F3N3O2/c13-12(14,15)7-20-10-2-1-9(5-8(10)6-17)18-11(19)3-4-16/h1-2,5H,3,7H2,(H,18,19). The molecule has 0 aliphatic heterocycles. The number of carbonyl (C=O) groups is 1. The first-order valence-corrected chi connectivity index (χ1v) is 5.26. The molecule has 1 amide bonds. The average Bonchev–Trinajstić information content (AvgIpc) is 2.36. The zero-order chi connectivity index (χ0) is 15.2. The SMILES string of the molecule is N#CCC(=O)Nc1ccc(OCC(F)(F)F)c(C#N)c1. The normalized spacial score (nSPS) is 10.2. The lowest BCUT2D eigenvalue weighted by molar-refractivity contribution is -0.153. The van der Waals surface area contributed by atoms with E-state index in [9.17, 15) is 18.0 Å². The second-order valence-electron chi connectivity index (χ2n) is 3.61. The van der Waals surface area contributed by atoms with Gasteiger partial charge in [0.2, 0.25) is 5.91 Å². The van der Waals surface area contributed by atoms with Crippen LogP contribution in [0.5, 0.6) is 5.75 Å². The highest BCUT2D eigenvalue weighted by molar-refractivity contribution is 5.92. The number of amides is 1. The Hall–Kier alpha value is -2.74. The summed E-state index contributed by atoms with van der Waals surface area (Å²) >= 11 is 0. The fourth-order valence-corrected chi connectivity index (χ4v) is 1.26. The van der Waals surface area contributed by atoms with Crippen molar-refractivity contribution < 1.29 is 22.7 Å². The van der Waals surface area contributed by atoms with E-state index in [1.807, 2.05) is 0 Å². The third kappa shape index (κ3) is 4.86. The predicted molar refractivity (Wildman–Crippen MR) is 61.6 cm³/mol. The summed E-state index contributed by atoms with van der Waals surface area (Å²) in [7, 11) is 0. The molecule has 1 rings (SSSR count).